The summed E-state index contributed by atoms with van der Waals surface area (Å²) in [6.07, 6.45) is 0. The molecule has 0 aliphatic heterocycles. The average molecular weight is 408 g/mol. The lowest BCUT2D eigenvalue weighted by molar-refractivity contribution is 0.0946. The molecule has 2 amide bonds. The first-order valence-corrected chi connectivity index (χ1v) is 8.65. The summed E-state index contributed by atoms with van der Waals surface area (Å²) in [6.45, 7) is 0.159. The van der Waals surface area contributed by atoms with E-state index in [1.54, 1.807) is 30.3 Å². The molecule has 0 radical (unpaired) electrons. The highest BCUT2D eigenvalue weighted by Crippen LogP contribution is 2.21. The van der Waals surface area contributed by atoms with Crippen LogP contribution in [0.15, 0.2) is 42.5 Å². The molecule has 1 heterocycles. The standard InChI is InChI=1S/C20H17FN6O3/c1-30-16-7-4-12(21)8-14(16)20(29)25-10-11-2-5-13(6-3-11)27-18(19(24)28)17(23)15(9-22)26-27/h2-8H,10,23H2,1H3,(H2,24,28)(H,25,29). The lowest BCUT2D eigenvalue weighted by Gasteiger charge is -2.10. The Morgan fingerprint density at radius 1 is 1.27 bits per heavy atom. The first-order valence-electron chi connectivity index (χ1n) is 8.65. The zero-order valence-electron chi connectivity index (χ0n) is 15.8. The number of amides is 2. The number of rotatable bonds is 6. The van der Waals surface area contributed by atoms with E-state index in [1.165, 1.54) is 23.9 Å². The summed E-state index contributed by atoms with van der Waals surface area (Å²) in [5.41, 5.74) is 12.1. The maximum atomic E-state index is 13.5. The van der Waals surface area contributed by atoms with Crippen molar-refractivity contribution in [2.24, 2.45) is 5.73 Å². The molecule has 152 valence electrons. The lowest BCUT2D eigenvalue weighted by Crippen LogP contribution is -2.23. The number of carbonyl (C=O) groups excluding carboxylic acids is 2. The van der Waals surface area contributed by atoms with E-state index >= 15 is 0 Å². The Morgan fingerprint density at radius 3 is 2.57 bits per heavy atom. The van der Waals surface area contributed by atoms with Crippen LogP contribution in [-0.2, 0) is 6.54 Å². The molecule has 3 rings (SSSR count). The molecule has 0 saturated heterocycles. The fraction of sp³-hybridized carbons (Fsp3) is 0.100. The molecule has 1 aromatic heterocycles. The molecule has 0 atom stereocenters. The van der Waals surface area contributed by atoms with Gasteiger partial charge in [0.25, 0.3) is 11.8 Å². The number of nitrogen functional groups attached to an aromatic ring is 1. The first kappa shape index (κ1) is 20.3. The van der Waals surface area contributed by atoms with Crippen LogP contribution in [0.4, 0.5) is 10.1 Å². The number of anilines is 1. The van der Waals surface area contributed by atoms with E-state index in [0.717, 1.165) is 11.6 Å². The number of hydrogen-bond donors (Lipinski definition) is 3. The summed E-state index contributed by atoms with van der Waals surface area (Å²) in [4.78, 5) is 24.1. The number of nitrogens with one attached hydrogen (secondary N) is 1. The summed E-state index contributed by atoms with van der Waals surface area (Å²) < 4.78 is 19.7. The van der Waals surface area contributed by atoms with Gasteiger partial charge in [-0.05, 0) is 35.9 Å². The number of halogens is 1. The zero-order valence-corrected chi connectivity index (χ0v) is 15.8. The highest BCUT2D eigenvalue weighted by Gasteiger charge is 2.20. The number of aromatic nitrogens is 2. The van der Waals surface area contributed by atoms with Gasteiger partial charge in [-0.25, -0.2) is 9.07 Å². The second-order valence-electron chi connectivity index (χ2n) is 6.19. The Hall–Kier alpha value is -4.39. The Labute approximate surface area is 170 Å². The molecule has 3 aromatic rings. The fourth-order valence-electron chi connectivity index (χ4n) is 2.83. The second kappa shape index (κ2) is 8.32. The van der Waals surface area contributed by atoms with Gasteiger partial charge in [0.2, 0.25) is 0 Å². The van der Waals surface area contributed by atoms with E-state index in [-0.39, 0.29) is 34.9 Å². The van der Waals surface area contributed by atoms with E-state index in [1.807, 2.05) is 0 Å². The molecule has 9 nitrogen and oxygen atoms in total. The number of nitrogens with zero attached hydrogens (tertiary/aromatic N) is 3. The molecular weight excluding hydrogens is 391 g/mol. The van der Waals surface area contributed by atoms with Crippen LogP contribution >= 0.6 is 0 Å². The van der Waals surface area contributed by atoms with E-state index in [4.69, 9.17) is 21.5 Å². The van der Waals surface area contributed by atoms with Gasteiger partial charge in [0, 0.05) is 6.54 Å². The number of hydrogen-bond acceptors (Lipinski definition) is 6. The van der Waals surface area contributed by atoms with Gasteiger partial charge in [0.05, 0.1) is 18.4 Å². The maximum Gasteiger partial charge on any atom is 0.269 e. The van der Waals surface area contributed by atoms with Crippen LogP contribution in [0.1, 0.15) is 32.1 Å². The monoisotopic (exact) mass is 408 g/mol. The van der Waals surface area contributed by atoms with Crippen molar-refractivity contribution in [2.45, 2.75) is 6.54 Å². The van der Waals surface area contributed by atoms with Crippen LogP contribution in [0.3, 0.4) is 0 Å². The van der Waals surface area contributed by atoms with Gasteiger partial charge >= 0.3 is 0 Å². The minimum Gasteiger partial charge on any atom is -0.496 e. The quantitative estimate of drug-likeness (QED) is 0.563. The number of benzene rings is 2. The number of nitriles is 1. The third-order valence-electron chi connectivity index (χ3n) is 4.30. The Kier molecular flexibility index (Phi) is 5.64. The molecule has 2 aromatic carbocycles. The Morgan fingerprint density at radius 2 is 1.97 bits per heavy atom. The van der Waals surface area contributed by atoms with Crippen molar-refractivity contribution in [1.82, 2.24) is 15.1 Å². The summed E-state index contributed by atoms with van der Waals surface area (Å²) in [5.74, 6) is -1.61. The predicted octanol–water partition coefficient (Wildman–Crippen LogP) is 1.50. The number of carbonyl (C=O) groups is 2. The van der Waals surface area contributed by atoms with Gasteiger partial charge in [0.1, 0.15) is 23.3 Å². The number of primary amides is 1. The molecular formula is C20H17FN6O3. The van der Waals surface area contributed by atoms with E-state index in [2.05, 4.69) is 10.4 Å². The van der Waals surface area contributed by atoms with E-state index in [9.17, 15) is 14.0 Å². The fourth-order valence-corrected chi connectivity index (χ4v) is 2.83. The highest BCUT2D eigenvalue weighted by molar-refractivity contribution is 5.98. The lowest BCUT2D eigenvalue weighted by atomic mass is 10.1. The normalized spacial score (nSPS) is 10.3. The maximum absolute atomic E-state index is 13.5. The highest BCUT2D eigenvalue weighted by atomic mass is 19.1. The Bertz CT molecular complexity index is 1160. The van der Waals surface area contributed by atoms with Gasteiger partial charge in [-0.2, -0.15) is 10.4 Å². The van der Waals surface area contributed by atoms with E-state index in [0.29, 0.717) is 5.69 Å². The van der Waals surface area contributed by atoms with Crippen molar-refractivity contribution >= 4 is 17.5 Å². The van der Waals surface area contributed by atoms with Crippen molar-refractivity contribution in [1.29, 1.82) is 5.26 Å². The Balaban J connectivity index is 1.78. The molecule has 0 aliphatic rings. The smallest absolute Gasteiger partial charge is 0.269 e. The van der Waals surface area contributed by atoms with Crippen molar-refractivity contribution in [3.05, 3.63) is 70.8 Å². The van der Waals surface area contributed by atoms with Crippen LogP contribution in [0, 0.1) is 17.1 Å². The molecule has 0 fully saturated rings. The molecule has 0 spiro atoms. The molecule has 10 heteroatoms. The van der Waals surface area contributed by atoms with Crippen molar-refractivity contribution < 1.29 is 18.7 Å². The topological polar surface area (TPSA) is 149 Å². The summed E-state index contributed by atoms with van der Waals surface area (Å²) >= 11 is 0. The number of methoxy groups -OCH3 is 1. The third-order valence-corrected chi connectivity index (χ3v) is 4.30. The average Bonchev–Trinajstić information content (AvgIpc) is 3.08. The summed E-state index contributed by atoms with van der Waals surface area (Å²) in [5, 5.41) is 15.8. The first-order chi connectivity index (χ1) is 14.3. The molecule has 30 heavy (non-hydrogen) atoms. The van der Waals surface area contributed by atoms with E-state index < -0.39 is 17.6 Å². The van der Waals surface area contributed by atoms with Crippen LogP contribution < -0.4 is 21.5 Å². The molecule has 5 N–H and O–H groups in total. The van der Waals surface area contributed by atoms with Crippen molar-refractivity contribution in [3.63, 3.8) is 0 Å². The van der Waals surface area contributed by atoms with Crippen LogP contribution in [-0.4, -0.2) is 28.7 Å². The van der Waals surface area contributed by atoms with Crippen LogP contribution in [0.2, 0.25) is 0 Å². The van der Waals surface area contributed by atoms with Gasteiger partial charge < -0.3 is 21.5 Å². The molecule has 0 aliphatic carbocycles. The third kappa shape index (κ3) is 3.90. The van der Waals surface area contributed by atoms with Gasteiger partial charge in [-0.3, -0.25) is 9.59 Å². The predicted molar refractivity (Wildman–Crippen MR) is 105 cm³/mol. The molecule has 0 saturated carbocycles. The van der Waals surface area contributed by atoms with Gasteiger partial charge in [-0.1, -0.05) is 12.1 Å². The van der Waals surface area contributed by atoms with Crippen LogP contribution in [0.25, 0.3) is 5.69 Å². The molecule has 0 unspecified atom stereocenters. The number of ether oxygens (including phenoxy) is 1. The minimum absolute atomic E-state index is 0.0799. The van der Waals surface area contributed by atoms with Crippen molar-refractivity contribution in [2.75, 3.05) is 12.8 Å². The second-order valence-corrected chi connectivity index (χ2v) is 6.19. The minimum atomic E-state index is -0.818. The zero-order chi connectivity index (χ0) is 21.8. The number of nitrogens with two attached hydrogens (primary N) is 2. The molecule has 0 bridgehead atoms. The van der Waals surface area contributed by atoms with Gasteiger partial charge in [0.15, 0.2) is 11.4 Å². The SMILES string of the molecule is COc1ccc(F)cc1C(=O)NCc1ccc(-n2nc(C#N)c(N)c2C(N)=O)cc1. The van der Waals surface area contributed by atoms with Crippen molar-refractivity contribution in [3.8, 4) is 17.5 Å². The van der Waals surface area contributed by atoms with Gasteiger partial charge in [-0.15, -0.1) is 0 Å². The van der Waals surface area contributed by atoms with Crippen LogP contribution in [0.5, 0.6) is 5.75 Å². The summed E-state index contributed by atoms with van der Waals surface area (Å²) in [6, 6.07) is 12.1. The summed E-state index contributed by atoms with van der Waals surface area (Å²) in [7, 11) is 1.39. The largest absolute Gasteiger partial charge is 0.496 e.